The molecule has 0 bridgehead atoms. The number of aromatic nitrogens is 2. The maximum absolute atomic E-state index is 5.99. The Bertz CT molecular complexity index is 680. The molecule has 0 saturated heterocycles. The van der Waals surface area contributed by atoms with Gasteiger partial charge in [-0.1, -0.05) is 17.2 Å². The zero-order valence-electron chi connectivity index (χ0n) is 9.48. The number of nitrogens with two attached hydrogens (primary N) is 1. The number of nitrogens with zero attached hydrogens (tertiary/aromatic N) is 2. The Kier molecular flexibility index (Phi) is 2.19. The molecule has 0 amide bonds. The van der Waals surface area contributed by atoms with Crippen molar-refractivity contribution >= 4 is 27.3 Å². The van der Waals surface area contributed by atoms with Crippen LogP contribution in [0.25, 0.3) is 21.5 Å². The van der Waals surface area contributed by atoms with Crippen LogP contribution in [0.15, 0.2) is 15.2 Å². The van der Waals surface area contributed by atoms with Crippen molar-refractivity contribution in [3.63, 3.8) is 0 Å². The van der Waals surface area contributed by atoms with Gasteiger partial charge in [0.25, 0.3) is 0 Å². The van der Waals surface area contributed by atoms with Crippen LogP contribution in [0.4, 0.5) is 5.69 Å². The molecule has 17 heavy (non-hydrogen) atoms. The maximum Gasteiger partial charge on any atom is 0.201 e. The van der Waals surface area contributed by atoms with Crippen LogP contribution >= 0.6 is 11.3 Å². The third-order valence-electron chi connectivity index (χ3n) is 2.75. The highest BCUT2D eigenvalue weighted by Crippen LogP contribution is 2.40. The molecule has 3 rings (SSSR count). The first kappa shape index (κ1) is 10.3. The number of hydrogen-bond donors (Lipinski definition) is 1. The summed E-state index contributed by atoms with van der Waals surface area (Å²) in [5, 5.41) is 7.80. The van der Waals surface area contributed by atoms with Gasteiger partial charge in [-0.3, -0.25) is 0 Å². The summed E-state index contributed by atoms with van der Waals surface area (Å²) >= 11 is 1.61. The summed E-state index contributed by atoms with van der Waals surface area (Å²) in [6, 6.07) is 0. The van der Waals surface area contributed by atoms with Gasteiger partial charge in [0.2, 0.25) is 5.58 Å². The lowest BCUT2D eigenvalue weighted by Gasteiger charge is -1.91. The normalized spacial score (nSPS) is 11.4. The lowest BCUT2D eigenvalue weighted by atomic mass is 10.2. The zero-order chi connectivity index (χ0) is 12.0. The first-order chi connectivity index (χ1) is 8.22. The van der Waals surface area contributed by atoms with E-state index in [4.69, 9.17) is 14.8 Å². The van der Waals surface area contributed by atoms with Gasteiger partial charge >= 0.3 is 0 Å². The van der Waals surface area contributed by atoms with Gasteiger partial charge in [-0.2, -0.15) is 0 Å². The number of nitrogen functional groups attached to an aromatic ring is 1. The highest BCUT2D eigenvalue weighted by Gasteiger charge is 2.20. The van der Waals surface area contributed by atoms with Crippen LogP contribution in [0, 0.1) is 6.92 Å². The van der Waals surface area contributed by atoms with Gasteiger partial charge in [-0.05, 0) is 13.3 Å². The Balaban J connectivity index is 2.28. The molecule has 3 aromatic rings. The van der Waals surface area contributed by atoms with E-state index in [1.807, 2.05) is 6.92 Å². The Morgan fingerprint density at radius 3 is 2.88 bits per heavy atom. The largest absolute Gasteiger partial charge is 0.395 e. The van der Waals surface area contributed by atoms with E-state index in [1.54, 1.807) is 17.5 Å². The molecule has 0 unspecified atom stereocenters. The molecule has 0 saturated carbocycles. The first-order valence-corrected chi connectivity index (χ1v) is 6.12. The van der Waals surface area contributed by atoms with E-state index in [9.17, 15) is 0 Å². The van der Waals surface area contributed by atoms with E-state index in [0.717, 1.165) is 33.0 Å². The van der Waals surface area contributed by atoms with Gasteiger partial charge in [-0.15, -0.1) is 11.3 Å². The van der Waals surface area contributed by atoms with Gasteiger partial charge in [0.1, 0.15) is 16.2 Å². The molecule has 0 aliphatic carbocycles. The lowest BCUT2D eigenvalue weighted by molar-refractivity contribution is 0.397. The minimum absolute atomic E-state index is 0.669. The smallest absolute Gasteiger partial charge is 0.201 e. The van der Waals surface area contributed by atoms with E-state index >= 15 is 0 Å². The minimum Gasteiger partial charge on any atom is -0.395 e. The van der Waals surface area contributed by atoms with E-state index in [1.165, 1.54) is 0 Å². The summed E-state index contributed by atoms with van der Waals surface area (Å²) in [7, 11) is 0. The number of rotatable bonds is 2. The molecular weight excluding hydrogens is 238 g/mol. The van der Waals surface area contributed by atoms with Crippen molar-refractivity contribution in [1.29, 1.82) is 0 Å². The zero-order valence-corrected chi connectivity index (χ0v) is 10.3. The van der Waals surface area contributed by atoms with Gasteiger partial charge in [-0.25, -0.2) is 0 Å². The lowest BCUT2D eigenvalue weighted by Crippen LogP contribution is -1.85. The molecular formula is C11H11N3O2S. The molecule has 0 radical (unpaired) electrons. The van der Waals surface area contributed by atoms with Crippen LogP contribution in [0.5, 0.6) is 0 Å². The Labute approximate surface area is 101 Å². The van der Waals surface area contributed by atoms with Crippen molar-refractivity contribution in [2.75, 3.05) is 5.73 Å². The maximum atomic E-state index is 5.99. The third-order valence-corrected chi connectivity index (χ3v) is 4.08. The Hall–Kier alpha value is -1.82. The van der Waals surface area contributed by atoms with Crippen LogP contribution in [0.2, 0.25) is 0 Å². The van der Waals surface area contributed by atoms with Crippen molar-refractivity contribution in [2.45, 2.75) is 20.3 Å². The molecule has 5 nitrogen and oxygen atoms in total. The number of hydrogen-bond acceptors (Lipinski definition) is 6. The predicted octanol–water partition coefficient (Wildman–Crippen LogP) is 3.00. The fourth-order valence-corrected chi connectivity index (χ4v) is 2.89. The summed E-state index contributed by atoms with van der Waals surface area (Å²) in [5.41, 5.74) is 8.97. The second-order valence-electron chi connectivity index (χ2n) is 3.78. The number of aryl methyl sites for hydroxylation is 2. The highest BCUT2D eigenvalue weighted by molar-refractivity contribution is 7.20. The van der Waals surface area contributed by atoms with E-state index in [-0.39, 0.29) is 0 Å². The van der Waals surface area contributed by atoms with Gasteiger partial charge in [0, 0.05) is 4.88 Å². The molecule has 2 N–H and O–H groups in total. The van der Waals surface area contributed by atoms with Crippen LogP contribution in [0.3, 0.4) is 0 Å². The number of thiophene rings is 1. The van der Waals surface area contributed by atoms with Gasteiger partial charge in [0.05, 0.1) is 17.4 Å². The molecule has 3 aromatic heterocycles. The quantitative estimate of drug-likeness (QED) is 0.755. The van der Waals surface area contributed by atoms with Gasteiger partial charge < -0.3 is 14.8 Å². The fourth-order valence-electron chi connectivity index (χ4n) is 1.81. The van der Waals surface area contributed by atoms with E-state index in [0.29, 0.717) is 11.3 Å². The van der Waals surface area contributed by atoms with Crippen molar-refractivity contribution in [3.8, 4) is 11.3 Å². The highest BCUT2D eigenvalue weighted by atomic mass is 32.1. The van der Waals surface area contributed by atoms with Crippen LogP contribution in [-0.2, 0) is 6.42 Å². The molecule has 0 aliphatic rings. The van der Waals surface area contributed by atoms with Crippen LogP contribution < -0.4 is 5.73 Å². The second-order valence-corrected chi connectivity index (χ2v) is 4.88. The topological polar surface area (TPSA) is 78.1 Å². The fraction of sp³-hybridized carbons (Fsp3) is 0.273. The summed E-state index contributed by atoms with van der Waals surface area (Å²) in [6.07, 6.45) is 2.54. The van der Waals surface area contributed by atoms with E-state index in [2.05, 4.69) is 17.2 Å². The van der Waals surface area contributed by atoms with Crippen LogP contribution in [-0.4, -0.2) is 10.3 Å². The SMILES string of the molecule is CCc1sc2c(-c3cnoc3C)noc2c1N. The molecule has 88 valence electrons. The monoisotopic (exact) mass is 249 g/mol. The summed E-state index contributed by atoms with van der Waals surface area (Å²) in [6.45, 7) is 3.92. The summed E-state index contributed by atoms with van der Waals surface area (Å²) in [5.74, 6) is 0.727. The molecule has 3 heterocycles. The van der Waals surface area contributed by atoms with Crippen molar-refractivity contribution < 1.29 is 9.05 Å². The number of anilines is 1. The third kappa shape index (κ3) is 1.37. The van der Waals surface area contributed by atoms with Crippen molar-refractivity contribution in [1.82, 2.24) is 10.3 Å². The molecule has 0 atom stereocenters. The minimum atomic E-state index is 0.669. The van der Waals surface area contributed by atoms with E-state index < -0.39 is 0 Å². The van der Waals surface area contributed by atoms with Gasteiger partial charge in [0.15, 0.2) is 0 Å². The molecule has 0 fully saturated rings. The number of fused-ring (bicyclic) bond motifs is 1. The summed E-state index contributed by atoms with van der Waals surface area (Å²) < 4.78 is 11.3. The van der Waals surface area contributed by atoms with Crippen molar-refractivity contribution in [2.24, 2.45) is 0 Å². The van der Waals surface area contributed by atoms with Crippen molar-refractivity contribution in [3.05, 3.63) is 16.8 Å². The average Bonchev–Trinajstić information content (AvgIpc) is 2.96. The Morgan fingerprint density at radius 2 is 2.24 bits per heavy atom. The first-order valence-electron chi connectivity index (χ1n) is 5.30. The Morgan fingerprint density at radius 1 is 1.41 bits per heavy atom. The average molecular weight is 249 g/mol. The molecule has 0 aromatic carbocycles. The molecule has 0 aliphatic heterocycles. The summed E-state index contributed by atoms with van der Waals surface area (Å²) in [4.78, 5) is 1.12. The predicted molar refractivity (Wildman–Crippen MR) is 65.9 cm³/mol. The molecule has 6 heteroatoms. The standard InChI is InChI=1S/C11H11N3O2S/c1-3-7-8(12)10-11(17-7)9(14-16-10)6-4-13-15-5(6)2/h4H,3,12H2,1-2H3. The second kappa shape index (κ2) is 3.59. The van der Waals surface area contributed by atoms with Crippen LogP contribution in [0.1, 0.15) is 17.6 Å². The molecule has 0 spiro atoms.